The van der Waals surface area contributed by atoms with Crippen molar-refractivity contribution >= 4 is 0 Å². The molecule has 0 rings (SSSR count). The molecule has 0 spiro atoms. The van der Waals surface area contributed by atoms with E-state index in [1.54, 1.807) is 7.11 Å². The molecular formula is C7H16O. The summed E-state index contributed by atoms with van der Waals surface area (Å²) < 4.78 is 4.89. The van der Waals surface area contributed by atoms with Crippen LogP contribution in [0.4, 0.5) is 0 Å². The summed E-state index contributed by atoms with van der Waals surface area (Å²) in [5.41, 5.74) is 0. The summed E-state index contributed by atoms with van der Waals surface area (Å²) in [5, 5.41) is 0. The predicted molar refractivity (Wildman–Crippen MR) is 35.9 cm³/mol. The van der Waals surface area contributed by atoms with E-state index in [9.17, 15) is 0 Å². The number of hydrogen-bond donors (Lipinski definition) is 0. The zero-order valence-corrected chi connectivity index (χ0v) is 6.11. The normalized spacial score (nSPS) is 10.5. The third-order valence-electron chi connectivity index (χ3n) is 1.13. The summed E-state index contributed by atoms with van der Waals surface area (Å²) in [4.78, 5) is 0. The highest BCUT2D eigenvalue weighted by Crippen LogP contribution is 2.02. The van der Waals surface area contributed by atoms with E-state index in [0.717, 1.165) is 12.5 Å². The second-order valence-electron chi connectivity index (χ2n) is 2.53. The number of rotatable bonds is 4. The van der Waals surface area contributed by atoms with E-state index in [-0.39, 0.29) is 0 Å². The Morgan fingerprint density at radius 1 is 1.38 bits per heavy atom. The molecule has 0 saturated heterocycles. The molecule has 0 heterocycles. The van der Waals surface area contributed by atoms with Gasteiger partial charge in [0.1, 0.15) is 0 Å². The summed E-state index contributed by atoms with van der Waals surface area (Å²) in [5.74, 6) is 0.824. The lowest BCUT2D eigenvalue weighted by atomic mass is 10.1. The van der Waals surface area contributed by atoms with Gasteiger partial charge in [0.2, 0.25) is 0 Å². The molecule has 0 unspecified atom stereocenters. The zero-order chi connectivity index (χ0) is 6.41. The molecule has 1 heteroatoms. The molecule has 0 aliphatic rings. The highest BCUT2D eigenvalue weighted by Gasteiger charge is 1.90. The lowest BCUT2D eigenvalue weighted by Gasteiger charge is -2.01. The topological polar surface area (TPSA) is 9.23 Å². The Morgan fingerprint density at radius 2 is 2.00 bits per heavy atom. The molecule has 0 aromatic rings. The van der Waals surface area contributed by atoms with Crippen LogP contribution >= 0.6 is 0 Å². The molecule has 0 atom stereocenters. The third kappa shape index (κ3) is 5.96. The van der Waals surface area contributed by atoms with Crippen LogP contribution in [0, 0.1) is 5.92 Å². The Kier molecular flexibility index (Phi) is 5.08. The fourth-order valence-electron chi connectivity index (χ4n) is 0.636. The fraction of sp³-hybridized carbons (Fsp3) is 1.00. The van der Waals surface area contributed by atoms with Crippen molar-refractivity contribution in [2.75, 3.05) is 13.7 Å². The van der Waals surface area contributed by atoms with Gasteiger partial charge in [-0.2, -0.15) is 0 Å². The van der Waals surface area contributed by atoms with Crippen LogP contribution in [-0.4, -0.2) is 13.7 Å². The summed E-state index contributed by atoms with van der Waals surface area (Å²) in [6.07, 6.45) is 2.49. The standard InChI is InChI=1S/C7H16O/c1-7(2)5-4-6-8-3/h7H,4-6H2,1-3H3. The van der Waals surface area contributed by atoms with E-state index in [1.165, 1.54) is 12.8 Å². The average molecular weight is 116 g/mol. The van der Waals surface area contributed by atoms with Crippen LogP contribution in [0.2, 0.25) is 0 Å². The lowest BCUT2D eigenvalue weighted by molar-refractivity contribution is 0.189. The van der Waals surface area contributed by atoms with Gasteiger partial charge in [0.15, 0.2) is 0 Å². The first-order valence-electron chi connectivity index (χ1n) is 3.26. The molecule has 0 N–H and O–H groups in total. The van der Waals surface area contributed by atoms with Gasteiger partial charge in [0.05, 0.1) is 0 Å². The van der Waals surface area contributed by atoms with Gasteiger partial charge < -0.3 is 4.74 Å². The van der Waals surface area contributed by atoms with Crippen molar-refractivity contribution in [3.05, 3.63) is 0 Å². The largest absolute Gasteiger partial charge is 0.385 e. The van der Waals surface area contributed by atoms with Crippen LogP contribution in [0.15, 0.2) is 0 Å². The average Bonchev–Trinajstić information content (AvgIpc) is 1.66. The van der Waals surface area contributed by atoms with Gasteiger partial charge in [0, 0.05) is 13.7 Å². The lowest BCUT2D eigenvalue weighted by Crippen LogP contribution is -1.92. The minimum Gasteiger partial charge on any atom is -0.385 e. The Labute approximate surface area is 52.0 Å². The Bertz CT molecular complexity index is 41.7. The second-order valence-corrected chi connectivity index (χ2v) is 2.53. The first-order valence-corrected chi connectivity index (χ1v) is 3.26. The molecule has 0 fully saturated rings. The summed E-state index contributed by atoms with van der Waals surface area (Å²) in [7, 11) is 1.75. The predicted octanol–water partition coefficient (Wildman–Crippen LogP) is 2.07. The third-order valence-corrected chi connectivity index (χ3v) is 1.13. The van der Waals surface area contributed by atoms with Crippen molar-refractivity contribution in [1.29, 1.82) is 0 Å². The van der Waals surface area contributed by atoms with Crippen LogP contribution in [0.25, 0.3) is 0 Å². The van der Waals surface area contributed by atoms with Gasteiger partial charge in [0.25, 0.3) is 0 Å². The van der Waals surface area contributed by atoms with Gasteiger partial charge in [-0.15, -0.1) is 0 Å². The maximum absolute atomic E-state index is 4.89. The molecule has 8 heavy (non-hydrogen) atoms. The van der Waals surface area contributed by atoms with Gasteiger partial charge >= 0.3 is 0 Å². The van der Waals surface area contributed by atoms with Crippen LogP contribution < -0.4 is 0 Å². The Hall–Kier alpha value is -0.0400. The van der Waals surface area contributed by atoms with Crippen molar-refractivity contribution in [3.8, 4) is 0 Å². The Morgan fingerprint density at radius 3 is 2.38 bits per heavy atom. The first-order chi connectivity index (χ1) is 3.77. The van der Waals surface area contributed by atoms with E-state index in [1.807, 2.05) is 0 Å². The van der Waals surface area contributed by atoms with E-state index < -0.39 is 0 Å². The van der Waals surface area contributed by atoms with Gasteiger partial charge in [-0.25, -0.2) is 0 Å². The molecule has 1 nitrogen and oxygen atoms in total. The van der Waals surface area contributed by atoms with E-state index in [4.69, 9.17) is 4.74 Å². The molecule has 0 saturated carbocycles. The van der Waals surface area contributed by atoms with Crippen LogP contribution in [0.5, 0.6) is 0 Å². The number of ether oxygens (including phenoxy) is 1. The molecule has 0 aromatic carbocycles. The molecule has 0 aromatic heterocycles. The summed E-state index contributed by atoms with van der Waals surface area (Å²) in [6, 6.07) is 0. The molecule has 0 amide bonds. The first kappa shape index (κ1) is 7.96. The molecular weight excluding hydrogens is 100 g/mol. The smallest absolute Gasteiger partial charge is 0.0462 e. The van der Waals surface area contributed by atoms with E-state index >= 15 is 0 Å². The highest BCUT2D eigenvalue weighted by atomic mass is 16.5. The minimum absolute atomic E-state index is 0.824. The second kappa shape index (κ2) is 5.10. The molecule has 0 aliphatic carbocycles. The quantitative estimate of drug-likeness (QED) is 0.511. The molecule has 50 valence electrons. The van der Waals surface area contributed by atoms with Crippen molar-refractivity contribution in [3.63, 3.8) is 0 Å². The SMILES string of the molecule is COCCCC(C)C. The molecule has 0 radical (unpaired) electrons. The summed E-state index contributed by atoms with van der Waals surface area (Å²) >= 11 is 0. The van der Waals surface area contributed by atoms with E-state index in [2.05, 4.69) is 13.8 Å². The van der Waals surface area contributed by atoms with E-state index in [0.29, 0.717) is 0 Å². The fourth-order valence-corrected chi connectivity index (χ4v) is 0.636. The maximum atomic E-state index is 4.89. The van der Waals surface area contributed by atoms with Crippen LogP contribution in [0.1, 0.15) is 26.7 Å². The summed E-state index contributed by atoms with van der Waals surface area (Å²) in [6.45, 7) is 5.38. The number of hydrogen-bond acceptors (Lipinski definition) is 1. The number of methoxy groups -OCH3 is 1. The van der Waals surface area contributed by atoms with Gasteiger partial charge in [-0.1, -0.05) is 13.8 Å². The van der Waals surface area contributed by atoms with Crippen molar-refractivity contribution in [2.24, 2.45) is 5.92 Å². The van der Waals surface area contributed by atoms with Crippen molar-refractivity contribution in [1.82, 2.24) is 0 Å². The molecule has 0 aliphatic heterocycles. The minimum atomic E-state index is 0.824. The van der Waals surface area contributed by atoms with Crippen LogP contribution in [-0.2, 0) is 4.74 Å². The van der Waals surface area contributed by atoms with Gasteiger partial charge in [-0.05, 0) is 18.8 Å². The van der Waals surface area contributed by atoms with Crippen LogP contribution in [0.3, 0.4) is 0 Å². The highest BCUT2D eigenvalue weighted by molar-refractivity contribution is 4.43. The monoisotopic (exact) mass is 116 g/mol. The van der Waals surface area contributed by atoms with Gasteiger partial charge in [-0.3, -0.25) is 0 Å². The molecule has 0 bridgehead atoms. The Balaban J connectivity index is 2.72. The maximum Gasteiger partial charge on any atom is 0.0462 e. The van der Waals surface area contributed by atoms with Crippen molar-refractivity contribution < 1.29 is 4.74 Å². The van der Waals surface area contributed by atoms with Crippen molar-refractivity contribution in [2.45, 2.75) is 26.7 Å². The zero-order valence-electron chi connectivity index (χ0n) is 6.11.